The van der Waals surface area contributed by atoms with E-state index < -0.39 is 0 Å². The molecule has 0 fully saturated rings. The molecule has 0 saturated heterocycles. The van der Waals surface area contributed by atoms with Gasteiger partial charge in [-0.25, -0.2) is 9.07 Å². The van der Waals surface area contributed by atoms with Gasteiger partial charge >= 0.3 is 6.01 Å². The first-order chi connectivity index (χ1) is 15.9. The molecule has 0 radical (unpaired) electrons. The number of hydrogen-bond acceptors (Lipinski definition) is 4. The fraction of sp³-hybridized carbons (Fsp3) is 0.423. The van der Waals surface area contributed by atoms with Gasteiger partial charge in [0.1, 0.15) is 5.82 Å². The van der Waals surface area contributed by atoms with Crippen LogP contribution in [0.2, 0.25) is 0 Å². The van der Waals surface area contributed by atoms with Gasteiger partial charge in [0.2, 0.25) is 5.91 Å². The van der Waals surface area contributed by atoms with Gasteiger partial charge in [-0.05, 0) is 55.2 Å². The highest BCUT2D eigenvalue weighted by molar-refractivity contribution is 5.92. The van der Waals surface area contributed by atoms with E-state index in [2.05, 4.69) is 22.3 Å². The molecule has 0 spiro atoms. The van der Waals surface area contributed by atoms with E-state index in [1.807, 2.05) is 45.0 Å². The average Bonchev–Trinajstić information content (AvgIpc) is 3.23. The van der Waals surface area contributed by atoms with E-state index in [-0.39, 0.29) is 23.7 Å². The average molecular weight is 453 g/mol. The molecule has 7 heteroatoms. The molecule has 1 atom stereocenters. The number of rotatable bonds is 11. The van der Waals surface area contributed by atoms with Gasteiger partial charge in [0, 0.05) is 11.6 Å². The number of nitrogens with zero attached hydrogens (tertiary/aromatic N) is 3. The van der Waals surface area contributed by atoms with Gasteiger partial charge in [-0.15, -0.1) is 5.10 Å². The molecular formula is C26H33FN4O2. The normalized spacial score (nSPS) is 12.1. The number of nitrogens with one attached hydrogen (secondary N) is 1. The zero-order valence-electron chi connectivity index (χ0n) is 19.8. The number of amides is 1. The third-order valence-corrected chi connectivity index (χ3v) is 5.40. The van der Waals surface area contributed by atoms with Gasteiger partial charge in [0.25, 0.3) is 0 Å². The summed E-state index contributed by atoms with van der Waals surface area (Å²) in [7, 11) is 0. The molecule has 0 aliphatic rings. The fourth-order valence-electron chi connectivity index (χ4n) is 3.49. The molecule has 176 valence electrons. The number of hydrogen-bond donors (Lipinski definition) is 1. The number of unbranched alkanes of at least 4 members (excludes halogenated alkanes) is 1. The largest absolute Gasteiger partial charge is 0.462 e. The van der Waals surface area contributed by atoms with Crippen molar-refractivity contribution in [3.05, 3.63) is 54.3 Å². The Morgan fingerprint density at radius 3 is 2.48 bits per heavy atom. The summed E-state index contributed by atoms with van der Waals surface area (Å²) in [5.41, 5.74) is 1.74. The van der Waals surface area contributed by atoms with Crippen LogP contribution < -0.4 is 10.1 Å². The van der Waals surface area contributed by atoms with Crippen molar-refractivity contribution in [2.24, 2.45) is 11.8 Å². The summed E-state index contributed by atoms with van der Waals surface area (Å²) in [6.45, 7) is 8.70. The third-order valence-electron chi connectivity index (χ3n) is 5.40. The van der Waals surface area contributed by atoms with Crippen LogP contribution in [-0.2, 0) is 4.79 Å². The smallest absolute Gasteiger partial charge is 0.336 e. The number of aromatic nitrogens is 3. The van der Waals surface area contributed by atoms with Crippen LogP contribution in [-0.4, -0.2) is 27.3 Å². The molecular weight excluding hydrogens is 419 g/mol. The Morgan fingerprint density at radius 1 is 1.12 bits per heavy atom. The zero-order valence-corrected chi connectivity index (χ0v) is 19.8. The fourth-order valence-corrected chi connectivity index (χ4v) is 3.49. The standard InChI is InChI=1S/C26H33FN4O2/c1-5-7-10-19(6-2)25(32)28-20-13-15-21(16-14-20)31-24(22-11-8-9-12-23(22)27)29-26(30-31)33-17-18(3)4/h8-9,11-16,18-19H,5-7,10,17H2,1-4H3,(H,28,32). The molecule has 6 nitrogen and oxygen atoms in total. The van der Waals surface area contributed by atoms with Crippen LogP contribution in [0.15, 0.2) is 48.5 Å². The molecule has 0 aliphatic carbocycles. The van der Waals surface area contributed by atoms with Gasteiger partial charge < -0.3 is 10.1 Å². The lowest BCUT2D eigenvalue weighted by Crippen LogP contribution is -2.22. The Hall–Kier alpha value is -3.22. The predicted molar refractivity (Wildman–Crippen MR) is 129 cm³/mol. The number of halogens is 1. The van der Waals surface area contributed by atoms with Gasteiger partial charge in [-0.2, -0.15) is 4.98 Å². The van der Waals surface area contributed by atoms with Crippen molar-refractivity contribution >= 4 is 11.6 Å². The summed E-state index contributed by atoms with van der Waals surface area (Å²) in [5.74, 6) is 0.322. The van der Waals surface area contributed by atoms with Crippen molar-refractivity contribution in [3.8, 4) is 23.1 Å². The molecule has 0 aliphatic heterocycles. The lowest BCUT2D eigenvalue weighted by molar-refractivity contribution is -0.120. The number of anilines is 1. The van der Waals surface area contributed by atoms with E-state index in [0.29, 0.717) is 35.3 Å². The van der Waals surface area contributed by atoms with Crippen molar-refractivity contribution in [1.82, 2.24) is 14.8 Å². The maximum Gasteiger partial charge on any atom is 0.336 e. The van der Waals surface area contributed by atoms with Crippen molar-refractivity contribution in [2.45, 2.75) is 53.4 Å². The maximum atomic E-state index is 14.5. The lowest BCUT2D eigenvalue weighted by Gasteiger charge is -2.15. The van der Waals surface area contributed by atoms with Gasteiger partial charge in [-0.3, -0.25) is 4.79 Å². The van der Waals surface area contributed by atoms with Crippen LogP contribution in [0.4, 0.5) is 10.1 Å². The molecule has 0 saturated carbocycles. The van der Waals surface area contributed by atoms with E-state index in [1.54, 1.807) is 22.9 Å². The second-order valence-electron chi connectivity index (χ2n) is 8.60. The lowest BCUT2D eigenvalue weighted by atomic mass is 9.98. The first-order valence-electron chi connectivity index (χ1n) is 11.7. The van der Waals surface area contributed by atoms with E-state index in [0.717, 1.165) is 25.7 Å². The minimum absolute atomic E-state index is 0.00765. The molecule has 3 rings (SSSR count). The Bertz CT molecular complexity index is 1050. The second-order valence-corrected chi connectivity index (χ2v) is 8.60. The molecule has 1 unspecified atom stereocenters. The highest BCUT2D eigenvalue weighted by atomic mass is 19.1. The SMILES string of the molecule is CCCCC(CC)C(=O)Nc1ccc(-n2nc(OCC(C)C)nc2-c2ccccc2F)cc1. The van der Waals surface area contributed by atoms with Crippen LogP contribution in [0, 0.1) is 17.7 Å². The second kappa shape index (κ2) is 11.6. The van der Waals surface area contributed by atoms with Gasteiger partial charge in [-0.1, -0.05) is 52.7 Å². The summed E-state index contributed by atoms with van der Waals surface area (Å²) >= 11 is 0. The minimum atomic E-state index is -0.386. The minimum Gasteiger partial charge on any atom is -0.462 e. The van der Waals surface area contributed by atoms with Crippen LogP contribution in [0.1, 0.15) is 53.4 Å². The van der Waals surface area contributed by atoms with E-state index in [9.17, 15) is 9.18 Å². The molecule has 0 bridgehead atoms. The first kappa shape index (κ1) is 24.4. The molecule has 1 heterocycles. The topological polar surface area (TPSA) is 69.0 Å². The van der Waals surface area contributed by atoms with E-state index in [4.69, 9.17) is 4.74 Å². The summed E-state index contributed by atoms with van der Waals surface area (Å²) in [6.07, 6.45) is 3.82. The quantitative estimate of drug-likeness (QED) is 0.373. The summed E-state index contributed by atoms with van der Waals surface area (Å²) in [4.78, 5) is 17.1. The van der Waals surface area contributed by atoms with Gasteiger partial charge in [0.05, 0.1) is 17.9 Å². The summed E-state index contributed by atoms with van der Waals surface area (Å²) in [5, 5.41) is 7.47. The van der Waals surface area contributed by atoms with Crippen LogP contribution in [0.3, 0.4) is 0 Å². The van der Waals surface area contributed by atoms with Gasteiger partial charge in [0.15, 0.2) is 5.82 Å². The van der Waals surface area contributed by atoms with E-state index >= 15 is 0 Å². The molecule has 1 N–H and O–H groups in total. The number of benzene rings is 2. The molecule has 1 amide bonds. The van der Waals surface area contributed by atoms with Crippen LogP contribution in [0.25, 0.3) is 17.1 Å². The monoisotopic (exact) mass is 452 g/mol. The van der Waals surface area contributed by atoms with Crippen molar-refractivity contribution in [2.75, 3.05) is 11.9 Å². The van der Waals surface area contributed by atoms with Crippen molar-refractivity contribution < 1.29 is 13.9 Å². The highest BCUT2D eigenvalue weighted by Crippen LogP contribution is 2.27. The Morgan fingerprint density at radius 2 is 1.85 bits per heavy atom. The van der Waals surface area contributed by atoms with Crippen molar-refractivity contribution in [1.29, 1.82) is 0 Å². The number of carbonyl (C=O) groups is 1. The number of carbonyl (C=O) groups excluding carboxylic acids is 1. The van der Waals surface area contributed by atoms with Crippen molar-refractivity contribution in [3.63, 3.8) is 0 Å². The third kappa shape index (κ3) is 6.40. The summed E-state index contributed by atoms with van der Waals surface area (Å²) in [6, 6.07) is 13.9. The van der Waals surface area contributed by atoms with Crippen LogP contribution in [0.5, 0.6) is 6.01 Å². The Balaban J connectivity index is 1.86. The Kier molecular flexibility index (Phi) is 8.58. The summed E-state index contributed by atoms with van der Waals surface area (Å²) < 4.78 is 21.8. The molecule has 33 heavy (non-hydrogen) atoms. The molecule has 1 aromatic heterocycles. The molecule has 3 aromatic rings. The molecule has 2 aromatic carbocycles. The zero-order chi connectivity index (χ0) is 23.8. The first-order valence-corrected chi connectivity index (χ1v) is 11.7. The highest BCUT2D eigenvalue weighted by Gasteiger charge is 2.19. The Labute approximate surface area is 195 Å². The maximum absolute atomic E-state index is 14.5. The van der Waals surface area contributed by atoms with E-state index in [1.165, 1.54) is 6.07 Å². The predicted octanol–water partition coefficient (Wildman–Crippen LogP) is 6.26. The van der Waals surface area contributed by atoms with Crippen LogP contribution >= 0.6 is 0 Å². The number of ether oxygens (including phenoxy) is 1.